The van der Waals surface area contributed by atoms with Crippen molar-refractivity contribution in [2.45, 2.75) is 26.1 Å². The third kappa shape index (κ3) is 7.00. The van der Waals surface area contributed by atoms with Crippen LogP contribution in [0.25, 0.3) is 11.5 Å². The van der Waals surface area contributed by atoms with E-state index in [0.29, 0.717) is 35.8 Å². The molecule has 4 heterocycles. The number of aromatic nitrogens is 2. The minimum absolute atomic E-state index is 0.0349. The topological polar surface area (TPSA) is 104 Å². The molecule has 1 fully saturated rings. The molecule has 0 amide bonds. The Labute approximate surface area is 237 Å². The molecule has 0 bridgehead atoms. The van der Waals surface area contributed by atoms with Crippen molar-refractivity contribution < 1.29 is 30.7 Å². The van der Waals surface area contributed by atoms with E-state index in [4.69, 9.17) is 9.15 Å². The lowest BCUT2D eigenvalue weighted by molar-refractivity contribution is -0.137. The van der Waals surface area contributed by atoms with Crippen LogP contribution in [0.5, 0.6) is 5.75 Å². The summed E-state index contributed by atoms with van der Waals surface area (Å²) in [6.45, 7) is 7.23. The van der Waals surface area contributed by atoms with Gasteiger partial charge >= 0.3 is 6.18 Å². The summed E-state index contributed by atoms with van der Waals surface area (Å²) in [4.78, 5) is 12.7. The van der Waals surface area contributed by atoms with E-state index in [1.165, 1.54) is 10.4 Å². The van der Waals surface area contributed by atoms with E-state index < -0.39 is 27.5 Å². The Morgan fingerprint density at radius 3 is 2.51 bits per heavy atom. The molecule has 1 N–H and O–H groups in total. The summed E-state index contributed by atoms with van der Waals surface area (Å²) in [5.41, 5.74) is -0.234. The van der Waals surface area contributed by atoms with Gasteiger partial charge in [-0.15, -0.1) is 0 Å². The van der Waals surface area contributed by atoms with Crippen molar-refractivity contribution in [3.8, 4) is 17.2 Å². The number of anilines is 2. The monoisotopic (exact) mass is 594 g/mol. The molecule has 0 spiro atoms. The van der Waals surface area contributed by atoms with Crippen LogP contribution in [0.3, 0.4) is 0 Å². The molecule has 41 heavy (non-hydrogen) atoms. The third-order valence-corrected chi connectivity index (χ3v) is 9.14. The maximum Gasteiger partial charge on any atom is 0.420 e. The first-order valence-corrected chi connectivity index (χ1v) is 15.1. The Morgan fingerprint density at radius 2 is 1.83 bits per heavy atom. The number of benzene rings is 1. The molecule has 10 nitrogen and oxygen atoms in total. The van der Waals surface area contributed by atoms with Crippen molar-refractivity contribution in [2.24, 2.45) is 0 Å². The molecule has 222 valence electrons. The van der Waals surface area contributed by atoms with Crippen molar-refractivity contribution in [3.05, 3.63) is 53.4 Å². The second kappa shape index (κ2) is 12.0. The number of ether oxygens (including phenoxy) is 1. The molecule has 2 aliphatic heterocycles. The van der Waals surface area contributed by atoms with Gasteiger partial charge < -0.3 is 19.4 Å². The zero-order chi connectivity index (χ0) is 29.2. The summed E-state index contributed by atoms with van der Waals surface area (Å²) < 4.78 is 79.1. The number of hydrogen-bond donors (Lipinski definition) is 1. The van der Waals surface area contributed by atoms with Gasteiger partial charge in [0.1, 0.15) is 29.4 Å². The van der Waals surface area contributed by atoms with Gasteiger partial charge in [0.15, 0.2) is 5.76 Å². The number of nitrogens with zero attached hydrogens (tertiary/aromatic N) is 5. The van der Waals surface area contributed by atoms with Crippen LogP contribution in [0.4, 0.5) is 24.8 Å². The predicted octanol–water partition coefficient (Wildman–Crippen LogP) is 3.83. The highest BCUT2D eigenvalue weighted by Crippen LogP contribution is 2.38. The minimum Gasteiger partial charge on any atom is -0.492 e. The van der Waals surface area contributed by atoms with E-state index in [1.807, 2.05) is 0 Å². The van der Waals surface area contributed by atoms with Crippen LogP contribution in [-0.4, -0.2) is 91.2 Å². The van der Waals surface area contributed by atoms with Crippen molar-refractivity contribution in [2.75, 3.05) is 64.0 Å². The average Bonchev–Trinajstić information content (AvgIpc) is 3.38. The van der Waals surface area contributed by atoms with Gasteiger partial charge in [0.2, 0.25) is 16.0 Å². The molecule has 0 aliphatic carbocycles. The van der Waals surface area contributed by atoms with Gasteiger partial charge in [0.05, 0.1) is 12.3 Å². The number of alkyl halides is 3. The highest BCUT2D eigenvalue weighted by atomic mass is 32.2. The van der Waals surface area contributed by atoms with E-state index in [9.17, 15) is 21.6 Å². The highest BCUT2D eigenvalue weighted by molar-refractivity contribution is 7.89. The van der Waals surface area contributed by atoms with Crippen molar-refractivity contribution in [1.29, 1.82) is 0 Å². The summed E-state index contributed by atoms with van der Waals surface area (Å²) in [5.74, 6) is 0.791. The van der Waals surface area contributed by atoms with Gasteiger partial charge in [-0.3, -0.25) is 4.90 Å². The summed E-state index contributed by atoms with van der Waals surface area (Å²) in [6.07, 6.45) is -3.67. The molecule has 3 aromatic rings. The van der Waals surface area contributed by atoms with Crippen LogP contribution >= 0.6 is 0 Å². The maximum atomic E-state index is 13.9. The fourth-order valence-corrected chi connectivity index (χ4v) is 5.85. The first kappa shape index (κ1) is 29.3. The Bertz CT molecular complexity index is 1450. The summed E-state index contributed by atoms with van der Waals surface area (Å²) in [5, 5.41) is 2.94. The van der Waals surface area contributed by atoms with Crippen LogP contribution < -0.4 is 10.1 Å². The standard InChI is InChI=1S/C27H33F3N6O4S/c1-3-41(37,38)36-9-8-19-16-23(40-24(19)18-36)25-22(27(28,29)30)17-31-26(33-25)32-20-4-6-21(7-5-20)39-15-14-35-12-10-34(2)11-13-35/h4-7,16-17H,3,8-15,18H2,1-2H3,(H,31,32,33). The van der Waals surface area contributed by atoms with Crippen molar-refractivity contribution >= 4 is 21.7 Å². The molecular weight excluding hydrogens is 561 g/mol. The Morgan fingerprint density at radius 1 is 1.10 bits per heavy atom. The number of furan rings is 1. The summed E-state index contributed by atoms with van der Waals surface area (Å²) in [7, 11) is -1.35. The SMILES string of the molecule is CCS(=O)(=O)N1CCc2cc(-c3nc(Nc4ccc(OCCN5CCN(C)CC5)cc4)ncc3C(F)(F)F)oc2C1. The van der Waals surface area contributed by atoms with Crippen LogP contribution in [0.15, 0.2) is 40.9 Å². The quantitative estimate of drug-likeness (QED) is 0.396. The second-order valence-corrected chi connectivity index (χ2v) is 12.4. The van der Waals surface area contributed by atoms with Gasteiger partial charge in [-0.2, -0.15) is 17.5 Å². The van der Waals surface area contributed by atoms with E-state index in [2.05, 4.69) is 32.1 Å². The van der Waals surface area contributed by atoms with E-state index in [1.54, 1.807) is 31.2 Å². The second-order valence-electron chi connectivity index (χ2n) is 10.1. The number of fused-ring (bicyclic) bond motifs is 1. The van der Waals surface area contributed by atoms with Crippen LogP contribution in [0.2, 0.25) is 0 Å². The molecule has 2 aliphatic rings. The Hall–Kier alpha value is -3.20. The Kier molecular flexibility index (Phi) is 8.55. The van der Waals surface area contributed by atoms with Gasteiger partial charge in [-0.05, 0) is 56.3 Å². The number of likely N-dealkylation sites (N-methyl/N-ethyl adjacent to an activating group) is 1. The van der Waals surface area contributed by atoms with Gasteiger partial charge in [0, 0.05) is 51.2 Å². The normalized spacial score (nSPS) is 17.4. The fourth-order valence-electron chi connectivity index (χ4n) is 4.80. The van der Waals surface area contributed by atoms with Crippen molar-refractivity contribution in [1.82, 2.24) is 24.1 Å². The smallest absolute Gasteiger partial charge is 0.420 e. The highest BCUT2D eigenvalue weighted by Gasteiger charge is 2.37. The van der Waals surface area contributed by atoms with Crippen LogP contribution in [0.1, 0.15) is 23.8 Å². The molecule has 0 saturated carbocycles. The molecule has 2 aromatic heterocycles. The number of rotatable bonds is 9. The van der Waals surface area contributed by atoms with E-state index in [0.717, 1.165) is 38.9 Å². The predicted molar refractivity (Wildman–Crippen MR) is 147 cm³/mol. The number of piperazine rings is 1. The fraction of sp³-hybridized carbons (Fsp3) is 0.481. The summed E-state index contributed by atoms with van der Waals surface area (Å²) in [6, 6.07) is 8.52. The number of hydrogen-bond acceptors (Lipinski definition) is 9. The first-order valence-electron chi connectivity index (χ1n) is 13.5. The van der Waals surface area contributed by atoms with E-state index in [-0.39, 0.29) is 30.6 Å². The lowest BCUT2D eigenvalue weighted by Gasteiger charge is -2.32. The zero-order valence-corrected chi connectivity index (χ0v) is 23.8. The number of halogens is 3. The molecule has 0 atom stereocenters. The molecule has 5 rings (SSSR count). The van der Waals surface area contributed by atoms with Gasteiger partial charge in [-0.1, -0.05) is 0 Å². The molecule has 0 unspecified atom stereocenters. The largest absolute Gasteiger partial charge is 0.492 e. The van der Waals surface area contributed by atoms with E-state index >= 15 is 0 Å². The number of nitrogens with one attached hydrogen (secondary N) is 1. The maximum absolute atomic E-state index is 13.9. The first-order chi connectivity index (χ1) is 19.5. The number of sulfonamides is 1. The third-order valence-electron chi connectivity index (χ3n) is 7.32. The molecular formula is C27H33F3N6O4S. The van der Waals surface area contributed by atoms with Gasteiger partial charge in [-0.25, -0.2) is 18.4 Å². The molecule has 14 heteroatoms. The lowest BCUT2D eigenvalue weighted by Crippen LogP contribution is -2.45. The van der Waals surface area contributed by atoms with Gasteiger partial charge in [0.25, 0.3) is 0 Å². The molecule has 1 aromatic carbocycles. The lowest BCUT2D eigenvalue weighted by atomic mass is 10.1. The summed E-state index contributed by atoms with van der Waals surface area (Å²) >= 11 is 0. The minimum atomic E-state index is -4.72. The molecule has 0 radical (unpaired) electrons. The zero-order valence-electron chi connectivity index (χ0n) is 22.9. The van der Waals surface area contributed by atoms with Crippen LogP contribution in [0, 0.1) is 0 Å². The van der Waals surface area contributed by atoms with Crippen molar-refractivity contribution in [3.63, 3.8) is 0 Å². The van der Waals surface area contributed by atoms with Crippen LogP contribution in [-0.2, 0) is 29.2 Å². The Balaban J connectivity index is 1.29. The molecule has 1 saturated heterocycles. The average molecular weight is 595 g/mol.